The predicted molar refractivity (Wildman–Crippen MR) is 60.8 cm³/mol. The molecule has 0 saturated carbocycles. The van der Waals surface area contributed by atoms with Gasteiger partial charge in [-0.15, -0.1) is 11.6 Å². The fourth-order valence-electron chi connectivity index (χ4n) is 0.635. The van der Waals surface area contributed by atoms with Gasteiger partial charge in [-0.25, -0.2) is 0 Å². The molecule has 0 radical (unpaired) electrons. The molecule has 86 valence electrons. The summed E-state index contributed by atoms with van der Waals surface area (Å²) in [6, 6.07) is 9.96. The van der Waals surface area contributed by atoms with Crippen LogP contribution >= 0.6 is 28.1 Å². The van der Waals surface area contributed by atoms with Crippen molar-refractivity contribution < 1.29 is 23.2 Å². The van der Waals surface area contributed by atoms with Crippen LogP contribution in [-0.4, -0.2) is 48.9 Å². The quantitative estimate of drug-likeness (QED) is 0.414. The van der Waals surface area contributed by atoms with Gasteiger partial charge in [0.1, 0.15) is 16.5 Å². The van der Waals surface area contributed by atoms with Crippen molar-refractivity contribution >= 4 is 77.0 Å². The Bertz CT molecular complexity index is 312. The van der Waals surface area contributed by atoms with Crippen molar-refractivity contribution in [2.24, 2.45) is 0 Å². The summed E-state index contributed by atoms with van der Waals surface area (Å²) in [7, 11) is -7.03. The summed E-state index contributed by atoms with van der Waals surface area (Å²) >= 11 is 5.53. The molecular formula is C7H9BaClO5P2. The zero-order valence-electron chi connectivity index (χ0n) is 8.22. The molecule has 0 aromatic heterocycles. The van der Waals surface area contributed by atoms with Crippen LogP contribution in [0.2, 0.25) is 0 Å². The Balaban J connectivity index is 0. The van der Waals surface area contributed by atoms with Gasteiger partial charge < -0.3 is 18.9 Å². The van der Waals surface area contributed by atoms with Crippen LogP contribution in [0.15, 0.2) is 30.3 Å². The van der Waals surface area contributed by atoms with Crippen molar-refractivity contribution in [2.75, 3.05) is 0 Å². The van der Waals surface area contributed by atoms with Gasteiger partial charge in [0.05, 0.1) is 0 Å². The van der Waals surface area contributed by atoms with Gasteiger partial charge in [-0.3, -0.25) is 4.31 Å². The van der Waals surface area contributed by atoms with Crippen LogP contribution in [-0.2, 0) is 19.3 Å². The molecule has 1 aromatic carbocycles. The third kappa shape index (κ3) is 13.5. The van der Waals surface area contributed by atoms with Crippen molar-refractivity contribution in [1.29, 1.82) is 0 Å². The summed E-state index contributed by atoms with van der Waals surface area (Å²) < 4.78 is 21.8. The molecule has 0 heterocycles. The normalized spacial score (nSPS) is 12.7. The average molecular weight is 408 g/mol. The van der Waals surface area contributed by atoms with E-state index in [1.54, 1.807) is 0 Å². The largest absolute Gasteiger partial charge is 2.00 e. The van der Waals surface area contributed by atoms with Crippen molar-refractivity contribution in [3.8, 4) is 0 Å². The minimum atomic E-state index is -3.51. The maximum absolute atomic E-state index is 9.29. The van der Waals surface area contributed by atoms with E-state index in [1.807, 2.05) is 30.3 Å². The molecule has 5 nitrogen and oxygen atoms in total. The summed E-state index contributed by atoms with van der Waals surface area (Å²) in [5.74, 6) is 0.612. The number of hydrogen-bond acceptors (Lipinski definition) is 5. The molecule has 0 fully saturated rings. The predicted octanol–water partition coefficient (Wildman–Crippen LogP) is 0.548. The molecular weight excluding hydrogens is 399 g/mol. The van der Waals surface area contributed by atoms with E-state index in [4.69, 9.17) is 11.6 Å². The first-order chi connectivity index (χ1) is 7.06. The maximum Gasteiger partial charge on any atom is 2.00 e. The maximum atomic E-state index is 9.29. The Morgan fingerprint density at radius 3 is 1.75 bits per heavy atom. The van der Waals surface area contributed by atoms with Gasteiger partial charge in [-0.2, -0.15) is 0 Å². The molecule has 2 unspecified atom stereocenters. The van der Waals surface area contributed by atoms with Gasteiger partial charge in [-0.1, -0.05) is 30.3 Å². The minimum Gasteiger partial charge on any atom is -0.781 e. The molecule has 0 saturated heterocycles. The molecule has 1 rings (SSSR count). The smallest absolute Gasteiger partial charge is 0.781 e. The summed E-state index contributed by atoms with van der Waals surface area (Å²) in [5, 5.41) is 0. The van der Waals surface area contributed by atoms with Gasteiger partial charge in [0.15, 0.2) is 0 Å². The van der Waals surface area contributed by atoms with Crippen LogP contribution in [0.1, 0.15) is 5.56 Å². The molecule has 0 aliphatic carbocycles. The molecule has 9 heteroatoms. The fourth-order valence-corrected chi connectivity index (χ4v) is 1.36. The van der Waals surface area contributed by atoms with Gasteiger partial charge in [0.25, 0.3) is 0 Å². The minimum absolute atomic E-state index is 0. The second-order valence-corrected chi connectivity index (χ2v) is 4.31. The molecule has 0 aliphatic rings. The Kier molecular flexibility index (Phi) is 15.9. The van der Waals surface area contributed by atoms with E-state index >= 15 is 0 Å². The van der Waals surface area contributed by atoms with E-state index < -0.39 is 16.5 Å². The van der Waals surface area contributed by atoms with E-state index in [0.717, 1.165) is 0 Å². The second-order valence-electron chi connectivity index (χ2n) is 2.22. The van der Waals surface area contributed by atoms with Gasteiger partial charge in [0.2, 0.25) is 0 Å². The molecule has 0 N–H and O–H groups in total. The van der Waals surface area contributed by atoms with Gasteiger partial charge >= 0.3 is 48.9 Å². The molecule has 2 atom stereocenters. The average Bonchev–Trinajstić information content (AvgIpc) is 2.18. The second kappa shape index (κ2) is 12.9. The molecule has 0 bridgehead atoms. The monoisotopic (exact) mass is 408 g/mol. The summed E-state index contributed by atoms with van der Waals surface area (Å²) in [4.78, 5) is 18.6. The number of alkyl halides is 1. The zero-order chi connectivity index (χ0) is 11.7. The Morgan fingerprint density at radius 1 is 1.12 bits per heavy atom. The van der Waals surface area contributed by atoms with Crippen LogP contribution in [0.5, 0.6) is 0 Å². The Morgan fingerprint density at radius 2 is 1.56 bits per heavy atom. The molecule has 0 amide bonds. The van der Waals surface area contributed by atoms with Crippen LogP contribution in [0, 0.1) is 0 Å². The fraction of sp³-hybridized carbons (Fsp3) is 0.143. The molecule has 0 spiro atoms. The summed E-state index contributed by atoms with van der Waals surface area (Å²) in [5.41, 5.74) is 1.18. The van der Waals surface area contributed by atoms with E-state index in [9.17, 15) is 18.9 Å². The van der Waals surface area contributed by atoms with E-state index in [1.165, 1.54) is 5.56 Å². The standard InChI is InChI=1S/C7H7Cl.Ba.H4O5P2/c8-6-7-4-2-1-3-5-7;;1-6(2)5-7(3)4/h1-5H,6H2;;6-7H,(H,1,2)(H,3,4)/q;+2;/p-2. The first-order valence-corrected chi connectivity index (χ1v) is 6.74. The summed E-state index contributed by atoms with van der Waals surface area (Å²) in [6.45, 7) is 0. The van der Waals surface area contributed by atoms with E-state index in [0.29, 0.717) is 5.88 Å². The molecule has 0 aliphatic heterocycles. The van der Waals surface area contributed by atoms with E-state index in [-0.39, 0.29) is 48.9 Å². The van der Waals surface area contributed by atoms with Crippen LogP contribution < -0.4 is 9.79 Å². The third-order valence-electron chi connectivity index (χ3n) is 1.16. The first-order valence-electron chi connectivity index (χ1n) is 3.76. The van der Waals surface area contributed by atoms with Crippen LogP contribution in [0.25, 0.3) is 0 Å². The SMILES string of the molecule is ClCc1ccccc1.O=[PH]([O-])O[PH](=O)[O-].[Ba+2]. The topological polar surface area (TPSA) is 89.5 Å². The first kappa shape index (κ1) is 19.8. The molecule has 16 heavy (non-hydrogen) atoms. The van der Waals surface area contributed by atoms with Crippen LogP contribution in [0.3, 0.4) is 0 Å². The third-order valence-corrected chi connectivity index (χ3v) is 2.81. The number of benzene rings is 1. The summed E-state index contributed by atoms with van der Waals surface area (Å²) in [6.07, 6.45) is 0. The van der Waals surface area contributed by atoms with Crippen molar-refractivity contribution in [1.82, 2.24) is 0 Å². The number of rotatable bonds is 3. The van der Waals surface area contributed by atoms with Crippen molar-refractivity contribution in [2.45, 2.75) is 5.88 Å². The Labute approximate surface area is 140 Å². The van der Waals surface area contributed by atoms with Gasteiger partial charge in [-0.05, 0) is 5.56 Å². The van der Waals surface area contributed by atoms with E-state index in [2.05, 4.69) is 4.31 Å². The number of halogens is 1. The Hall–Kier alpha value is 1.42. The molecule has 1 aromatic rings. The van der Waals surface area contributed by atoms with Crippen molar-refractivity contribution in [3.05, 3.63) is 35.9 Å². The number of hydrogen-bond donors (Lipinski definition) is 0. The van der Waals surface area contributed by atoms with Gasteiger partial charge in [0, 0.05) is 5.88 Å². The van der Waals surface area contributed by atoms with Crippen LogP contribution in [0.4, 0.5) is 0 Å². The zero-order valence-corrected chi connectivity index (χ0v) is 15.4. The van der Waals surface area contributed by atoms with Crippen molar-refractivity contribution in [3.63, 3.8) is 0 Å².